The second kappa shape index (κ2) is 4.95. The number of rotatable bonds is 3. The molecule has 0 heterocycles. The fourth-order valence-corrected chi connectivity index (χ4v) is 2.01. The fourth-order valence-electron chi connectivity index (χ4n) is 2.01. The Bertz CT molecular complexity index is 151. The van der Waals surface area contributed by atoms with Crippen LogP contribution in [-0.2, 0) is 0 Å². The molecular weight excluding hydrogens is 210 g/mol. The smallest absolute Gasteiger partial charge is 1.00 e. The van der Waals surface area contributed by atoms with Gasteiger partial charge >= 0.3 is 37.7 Å². The van der Waals surface area contributed by atoms with Gasteiger partial charge in [0.1, 0.15) is 17.2 Å². The molecule has 5 heteroatoms. The molecule has 84 valence electrons. The molecule has 3 N–H and O–H groups in total. The third-order valence-electron chi connectivity index (χ3n) is 1.64. The van der Waals surface area contributed by atoms with Crippen LogP contribution in [0.3, 0.4) is 0 Å². The number of hydrogen-bond donors (Lipinski definition) is 3. The second-order valence-corrected chi connectivity index (χ2v) is 4.82. The van der Waals surface area contributed by atoms with Gasteiger partial charge in [-0.3, -0.25) is 0 Å². The molecule has 0 atom stereocenters. The zero-order valence-electron chi connectivity index (χ0n) is 12.0. The van der Waals surface area contributed by atoms with Gasteiger partial charge in [0.2, 0.25) is 0 Å². The van der Waals surface area contributed by atoms with E-state index in [0.717, 1.165) is 0 Å². The molecule has 0 rings (SSSR count). The van der Waals surface area contributed by atoms with Gasteiger partial charge in [0.25, 0.3) is 0 Å². The van der Waals surface area contributed by atoms with Crippen LogP contribution in [0, 0.1) is 0 Å². The van der Waals surface area contributed by atoms with Gasteiger partial charge in [-0.2, -0.15) is 0 Å². The van der Waals surface area contributed by atoms with Crippen molar-refractivity contribution in [2.24, 2.45) is 0 Å². The summed E-state index contributed by atoms with van der Waals surface area (Å²) in [7, 11) is 0. The average molecular weight is 233 g/mol. The summed E-state index contributed by atoms with van der Waals surface area (Å²) in [5.41, 5.74) is -3.84. The summed E-state index contributed by atoms with van der Waals surface area (Å²) in [6.07, 6.45) is 0. The molecule has 0 radical (unpaired) electrons. The van der Waals surface area contributed by atoms with Crippen molar-refractivity contribution in [3.8, 4) is 0 Å². The van der Waals surface area contributed by atoms with Gasteiger partial charge in [0.15, 0.2) is 0 Å². The van der Waals surface area contributed by atoms with Crippen molar-refractivity contribution in [3.05, 3.63) is 0 Å². The van der Waals surface area contributed by atoms with Crippen LogP contribution in [0.25, 0.3) is 0 Å². The molecule has 14 heavy (non-hydrogen) atoms. The summed E-state index contributed by atoms with van der Waals surface area (Å²) in [6, 6.07) is 0. The molecule has 4 nitrogen and oxygen atoms in total. The maximum Gasteiger partial charge on any atom is 2.00 e. The predicted octanol–water partition coefficient (Wildman–Crippen LogP) is 0.318. The van der Waals surface area contributed by atoms with Gasteiger partial charge in [-0.25, -0.2) is 4.90 Å². The Kier molecular flexibility index (Phi) is 6.19. The fraction of sp³-hybridized carbons (Fsp3) is 1.00. The van der Waals surface area contributed by atoms with E-state index in [-0.39, 0.29) is 40.6 Å². The van der Waals surface area contributed by atoms with Crippen LogP contribution in [0.5, 0.6) is 0 Å². The summed E-state index contributed by atoms with van der Waals surface area (Å²) in [5.74, 6) is 0. The Hall–Kier alpha value is 1.10. The largest absolute Gasteiger partial charge is 2.00 e. The molecule has 0 aliphatic rings. The molecule has 0 bridgehead atoms. The molecule has 0 unspecified atom stereocenters. The van der Waals surface area contributed by atoms with Crippen LogP contribution in [0.2, 0.25) is 0 Å². The topological polar surface area (TPSA) is 63.9 Å². The molecule has 0 aromatic rings. The van der Waals surface area contributed by atoms with Crippen molar-refractivity contribution >= 4 is 37.7 Å². The third-order valence-corrected chi connectivity index (χ3v) is 1.64. The minimum atomic E-state index is -1.28. The molecule has 0 spiro atoms. The molecule has 0 saturated carbocycles. The molecule has 0 saturated heterocycles. The zero-order valence-corrected chi connectivity index (χ0v) is 12.2. The maximum absolute atomic E-state index is 9.75. The van der Waals surface area contributed by atoms with Crippen LogP contribution in [0.4, 0.5) is 0 Å². The van der Waals surface area contributed by atoms with Crippen molar-refractivity contribution in [2.45, 2.75) is 58.7 Å². The third kappa shape index (κ3) is 5.26. The first-order chi connectivity index (χ1) is 5.37. The van der Waals surface area contributed by atoms with Crippen molar-refractivity contribution in [2.75, 3.05) is 0 Å². The minimum absolute atomic E-state index is 0. The molecule has 0 fully saturated rings. The standard InChI is InChI=1S/C9H21NO3.Ca.2H/c1-7(2,11)10(8(3,4)12)9(5,6)13;;;/h11-13H,1-6H3;;;/q;+2;2*-1. The zero-order chi connectivity index (χ0) is 11.1. The molecule has 0 aliphatic heterocycles. The van der Waals surface area contributed by atoms with E-state index in [9.17, 15) is 15.3 Å². The first kappa shape index (κ1) is 17.5. The van der Waals surface area contributed by atoms with Crippen LogP contribution < -0.4 is 0 Å². The summed E-state index contributed by atoms with van der Waals surface area (Å²) >= 11 is 0. The van der Waals surface area contributed by atoms with E-state index in [0.29, 0.717) is 0 Å². The summed E-state index contributed by atoms with van der Waals surface area (Å²) < 4.78 is 0. The minimum Gasteiger partial charge on any atom is -1.00 e. The van der Waals surface area contributed by atoms with Crippen LogP contribution >= 0.6 is 0 Å². The van der Waals surface area contributed by atoms with Crippen LogP contribution in [-0.4, -0.2) is 75.1 Å². The van der Waals surface area contributed by atoms with Crippen LogP contribution in [0.1, 0.15) is 44.4 Å². The van der Waals surface area contributed by atoms with Gasteiger partial charge in [-0.05, 0) is 41.5 Å². The maximum atomic E-state index is 9.75. The van der Waals surface area contributed by atoms with Gasteiger partial charge in [-0.1, -0.05) is 0 Å². The van der Waals surface area contributed by atoms with Gasteiger partial charge in [0.05, 0.1) is 0 Å². The van der Waals surface area contributed by atoms with Crippen LogP contribution in [0.15, 0.2) is 0 Å². The Balaban J connectivity index is -0.000000240. The Labute approximate surface area is 119 Å². The normalized spacial score (nSPS) is 14.1. The van der Waals surface area contributed by atoms with E-state index in [2.05, 4.69) is 0 Å². The average Bonchev–Trinajstić information content (AvgIpc) is 1.44. The van der Waals surface area contributed by atoms with Crippen molar-refractivity contribution in [1.82, 2.24) is 4.90 Å². The quantitative estimate of drug-likeness (QED) is 0.485. The Morgan fingerprint density at radius 3 is 0.857 bits per heavy atom. The Morgan fingerprint density at radius 1 is 0.714 bits per heavy atom. The van der Waals surface area contributed by atoms with Gasteiger partial charge in [-0.15, -0.1) is 0 Å². The van der Waals surface area contributed by atoms with E-state index in [1.807, 2.05) is 0 Å². The Morgan fingerprint density at radius 2 is 0.857 bits per heavy atom. The number of nitrogens with zero attached hydrogens (tertiary/aromatic N) is 1. The van der Waals surface area contributed by atoms with Crippen molar-refractivity contribution < 1.29 is 18.2 Å². The molecular formula is C9H23CaNO3. The summed E-state index contributed by atoms with van der Waals surface area (Å²) in [4.78, 5) is 1.23. The van der Waals surface area contributed by atoms with E-state index in [4.69, 9.17) is 0 Å². The molecule has 0 aromatic carbocycles. The van der Waals surface area contributed by atoms with E-state index >= 15 is 0 Å². The predicted molar refractivity (Wildman–Crippen MR) is 58.7 cm³/mol. The molecule has 0 amide bonds. The summed E-state index contributed by atoms with van der Waals surface area (Å²) in [5, 5.41) is 29.3. The van der Waals surface area contributed by atoms with Crippen molar-refractivity contribution in [3.63, 3.8) is 0 Å². The van der Waals surface area contributed by atoms with E-state index in [1.54, 1.807) is 0 Å². The second-order valence-electron chi connectivity index (χ2n) is 4.82. The first-order valence-corrected chi connectivity index (χ1v) is 4.34. The van der Waals surface area contributed by atoms with Gasteiger partial charge in [0, 0.05) is 0 Å². The van der Waals surface area contributed by atoms with Gasteiger partial charge < -0.3 is 18.2 Å². The van der Waals surface area contributed by atoms with E-state index < -0.39 is 17.2 Å². The number of hydrogen-bond acceptors (Lipinski definition) is 4. The first-order valence-electron chi connectivity index (χ1n) is 4.34. The van der Waals surface area contributed by atoms with Crippen molar-refractivity contribution in [1.29, 1.82) is 0 Å². The van der Waals surface area contributed by atoms with E-state index in [1.165, 1.54) is 46.4 Å². The monoisotopic (exact) mass is 233 g/mol. The molecule has 0 aliphatic carbocycles. The number of aliphatic hydroxyl groups is 3. The SMILES string of the molecule is CC(C)(O)N(C(C)(C)O)C(C)(C)O.[Ca+2].[H-].[H-]. The molecule has 0 aromatic heterocycles. The summed E-state index contributed by atoms with van der Waals surface area (Å²) in [6.45, 7) is 9.10.